The summed E-state index contributed by atoms with van der Waals surface area (Å²) in [4.78, 5) is 24.3. The topological polar surface area (TPSA) is 105 Å². The highest BCUT2D eigenvalue weighted by molar-refractivity contribution is 8.13. The number of rotatable bonds is 6. The molecule has 1 saturated heterocycles. The van der Waals surface area contributed by atoms with Crippen LogP contribution in [-0.2, 0) is 14.3 Å². The number of aliphatic hydroxyl groups is 2. The number of carbonyl (C=O) groups excluding carboxylic acids is 2. The Hall–Kier alpha value is -1.61. The molecule has 7 nitrogen and oxygen atoms in total. The average molecular weight is 383 g/mol. The molecule has 1 amide bonds. The molecule has 1 fully saturated rings. The van der Waals surface area contributed by atoms with Crippen LogP contribution in [0.4, 0.5) is 4.79 Å². The average Bonchev–Trinajstić information content (AvgIpc) is 2.60. The summed E-state index contributed by atoms with van der Waals surface area (Å²) in [7, 11) is 0. The maximum Gasteiger partial charge on any atom is 0.372 e. The predicted octanol–water partition coefficient (Wildman–Crippen LogP) is 1.63. The fraction of sp³-hybridized carbons (Fsp3) is 0.556. The first kappa shape index (κ1) is 20.7. The Morgan fingerprint density at radius 2 is 1.96 bits per heavy atom. The van der Waals surface area contributed by atoms with Crippen LogP contribution in [0.25, 0.3) is 0 Å². The second-order valence-electron chi connectivity index (χ2n) is 6.25. The van der Waals surface area contributed by atoms with Crippen LogP contribution in [0.1, 0.15) is 25.3 Å². The molecule has 1 heterocycles. The molecule has 0 unspecified atom stereocenters. The van der Waals surface area contributed by atoms with Crippen molar-refractivity contribution < 1.29 is 29.3 Å². The Bertz CT molecular complexity index is 608. The number of nitrogens with one attached hydrogen (secondary N) is 1. The Labute approximate surface area is 157 Å². The molecule has 0 radical (unpaired) electrons. The van der Waals surface area contributed by atoms with Gasteiger partial charge in [0.15, 0.2) is 0 Å². The Morgan fingerprint density at radius 3 is 2.62 bits per heavy atom. The molecule has 144 valence electrons. The first-order valence-electron chi connectivity index (χ1n) is 8.59. The molecule has 0 saturated carbocycles. The minimum atomic E-state index is -1.26. The molecule has 1 aromatic carbocycles. The van der Waals surface area contributed by atoms with Gasteiger partial charge in [-0.3, -0.25) is 4.79 Å². The molecule has 0 aliphatic carbocycles. The number of hydrogen-bond acceptors (Lipinski definition) is 7. The van der Waals surface area contributed by atoms with Crippen molar-refractivity contribution in [3.05, 3.63) is 29.8 Å². The van der Waals surface area contributed by atoms with E-state index in [0.717, 1.165) is 22.2 Å². The number of aliphatic hydroxyl groups excluding tert-OH is 2. The Morgan fingerprint density at radius 1 is 1.27 bits per heavy atom. The van der Waals surface area contributed by atoms with Crippen LogP contribution in [0.2, 0.25) is 0 Å². The van der Waals surface area contributed by atoms with Crippen LogP contribution in [-0.4, -0.2) is 59.0 Å². The number of thioether (sulfide) groups is 1. The largest absolute Gasteiger partial charge is 0.454 e. The van der Waals surface area contributed by atoms with Crippen LogP contribution in [0, 0.1) is 6.92 Å². The van der Waals surface area contributed by atoms with E-state index in [2.05, 4.69) is 5.32 Å². The van der Waals surface area contributed by atoms with Crippen molar-refractivity contribution in [2.45, 2.75) is 55.9 Å². The van der Waals surface area contributed by atoms with Gasteiger partial charge in [0.05, 0.1) is 12.6 Å². The minimum Gasteiger partial charge on any atom is -0.454 e. The lowest BCUT2D eigenvalue weighted by atomic mass is 9.98. The molecule has 1 aliphatic heterocycles. The number of carbonyl (C=O) groups is 2. The molecular weight excluding hydrogens is 358 g/mol. The van der Waals surface area contributed by atoms with Crippen LogP contribution in [0.5, 0.6) is 0 Å². The summed E-state index contributed by atoms with van der Waals surface area (Å²) in [6, 6.07) is 6.75. The second kappa shape index (κ2) is 9.91. The SMILES string of the molecule is CCCC(=O)N[C@H]1CO[C@H](COC(=O)Sc2ccc(C)cc2)[C@@H](O)[C@@H]1O. The van der Waals surface area contributed by atoms with E-state index in [4.69, 9.17) is 9.47 Å². The van der Waals surface area contributed by atoms with Gasteiger partial charge in [-0.25, -0.2) is 4.79 Å². The van der Waals surface area contributed by atoms with Gasteiger partial charge in [0.25, 0.3) is 0 Å². The van der Waals surface area contributed by atoms with Crippen LogP contribution in [0.3, 0.4) is 0 Å². The summed E-state index contributed by atoms with van der Waals surface area (Å²) in [5.41, 5.74) is 1.09. The van der Waals surface area contributed by atoms with Gasteiger partial charge >= 0.3 is 5.30 Å². The van der Waals surface area contributed by atoms with Crippen molar-refractivity contribution >= 4 is 23.0 Å². The summed E-state index contributed by atoms with van der Waals surface area (Å²) in [5.74, 6) is -0.202. The zero-order valence-corrected chi connectivity index (χ0v) is 15.7. The highest BCUT2D eigenvalue weighted by Gasteiger charge is 2.39. The van der Waals surface area contributed by atoms with Gasteiger partial charge < -0.3 is 25.0 Å². The lowest BCUT2D eigenvalue weighted by Gasteiger charge is -2.37. The highest BCUT2D eigenvalue weighted by atomic mass is 32.2. The van der Waals surface area contributed by atoms with Crippen LogP contribution < -0.4 is 5.32 Å². The normalized spacial score (nSPS) is 25.5. The van der Waals surface area contributed by atoms with Crippen molar-refractivity contribution in [2.75, 3.05) is 13.2 Å². The standard InChI is InChI=1S/C18H25NO6S/c1-3-4-15(20)19-13-9-24-14(17(22)16(13)21)10-25-18(23)26-12-7-5-11(2)6-8-12/h5-8,13-14,16-17,21-22H,3-4,9-10H2,1-2H3,(H,19,20)/t13-,14+,16+,17+/m0/s1. The first-order chi connectivity index (χ1) is 12.4. The summed E-state index contributed by atoms with van der Waals surface area (Å²) < 4.78 is 10.6. The van der Waals surface area contributed by atoms with Gasteiger partial charge in [-0.15, -0.1) is 0 Å². The molecule has 0 aromatic heterocycles. The highest BCUT2D eigenvalue weighted by Crippen LogP contribution is 2.22. The maximum atomic E-state index is 11.9. The van der Waals surface area contributed by atoms with E-state index < -0.39 is 29.7 Å². The number of benzene rings is 1. The number of aryl methyl sites for hydroxylation is 1. The zero-order valence-electron chi connectivity index (χ0n) is 14.9. The molecule has 26 heavy (non-hydrogen) atoms. The van der Waals surface area contributed by atoms with Crippen LogP contribution >= 0.6 is 11.8 Å². The number of ether oxygens (including phenoxy) is 2. The van der Waals surface area contributed by atoms with E-state index in [-0.39, 0.29) is 19.1 Å². The van der Waals surface area contributed by atoms with Crippen molar-refractivity contribution in [3.63, 3.8) is 0 Å². The third-order valence-electron chi connectivity index (χ3n) is 4.04. The van der Waals surface area contributed by atoms with Gasteiger partial charge in [0.2, 0.25) is 5.91 Å². The fourth-order valence-corrected chi connectivity index (χ4v) is 3.14. The van der Waals surface area contributed by atoms with Gasteiger partial charge in [-0.05, 0) is 37.2 Å². The molecule has 1 aromatic rings. The maximum absolute atomic E-state index is 11.9. The van der Waals surface area contributed by atoms with Gasteiger partial charge in [-0.2, -0.15) is 0 Å². The molecule has 0 bridgehead atoms. The van der Waals surface area contributed by atoms with Crippen LogP contribution in [0.15, 0.2) is 29.2 Å². The Balaban J connectivity index is 1.78. The molecule has 1 aliphatic rings. The summed E-state index contributed by atoms with van der Waals surface area (Å²) in [6.45, 7) is 3.70. The third-order valence-corrected chi connectivity index (χ3v) is 4.84. The molecule has 2 rings (SSSR count). The monoisotopic (exact) mass is 383 g/mol. The van der Waals surface area contributed by atoms with Gasteiger partial charge in [-0.1, -0.05) is 24.6 Å². The van der Waals surface area contributed by atoms with E-state index in [1.165, 1.54) is 0 Å². The second-order valence-corrected chi connectivity index (χ2v) is 7.26. The van der Waals surface area contributed by atoms with E-state index in [1.807, 2.05) is 38.1 Å². The summed E-state index contributed by atoms with van der Waals surface area (Å²) >= 11 is 0.940. The lowest BCUT2D eigenvalue weighted by Crippen LogP contribution is -2.60. The van der Waals surface area contributed by atoms with E-state index in [0.29, 0.717) is 12.8 Å². The predicted molar refractivity (Wildman–Crippen MR) is 97.0 cm³/mol. The molecule has 3 N–H and O–H groups in total. The smallest absolute Gasteiger partial charge is 0.372 e. The van der Waals surface area contributed by atoms with Gasteiger partial charge in [0.1, 0.15) is 24.9 Å². The zero-order chi connectivity index (χ0) is 19.1. The van der Waals surface area contributed by atoms with E-state index in [9.17, 15) is 19.8 Å². The number of hydrogen-bond donors (Lipinski definition) is 3. The first-order valence-corrected chi connectivity index (χ1v) is 9.40. The van der Waals surface area contributed by atoms with E-state index >= 15 is 0 Å². The molecule has 4 atom stereocenters. The third kappa shape index (κ3) is 5.98. The van der Waals surface area contributed by atoms with Gasteiger partial charge in [0, 0.05) is 11.3 Å². The molecular formula is C18H25NO6S. The minimum absolute atomic E-state index is 0.0427. The van der Waals surface area contributed by atoms with Crippen molar-refractivity contribution in [1.82, 2.24) is 5.32 Å². The number of amides is 1. The lowest BCUT2D eigenvalue weighted by molar-refractivity contribution is -0.164. The molecule has 8 heteroatoms. The summed E-state index contributed by atoms with van der Waals surface area (Å²) in [5, 5.41) is 22.4. The Kier molecular flexibility index (Phi) is 7.89. The fourth-order valence-electron chi connectivity index (χ4n) is 2.54. The summed E-state index contributed by atoms with van der Waals surface area (Å²) in [6.07, 6.45) is -2.25. The van der Waals surface area contributed by atoms with Crippen molar-refractivity contribution in [3.8, 4) is 0 Å². The molecule has 0 spiro atoms. The van der Waals surface area contributed by atoms with Crippen molar-refractivity contribution in [2.24, 2.45) is 0 Å². The quantitative estimate of drug-likeness (QED) is 0.506. The van der Waals surface area contributed by atoms with Crippen molar-refractivity contribution in [1.29, 1.82) is 0 Å². The van der Waals surface area contributed by atoms with E-state index in [1.54, 1.807) is 0 Å².